The van der Waals surface area contributed by atoms with Gasteiger partial charge in [0, 0.05) is 0 Å². The summed E-state index contributed by atoms with van der Waals surface area (Å²) in [5.74, 6) is -0.212. The second kappa shape index (κ2) is 7.94. The van der Waals surface area contributed by atoms with Gasteiger partial charge in [-0.25, -0.2) is 0 Å². The molecule has 144 valence electrons. The number of carbonyl (C=O) groups is 2. The molecule has 1 fully saturated rings. The second-order valence-electron chi connectivity index (χ2n) is 6.98. The van der Waals surface area contributed by atoms with Crippen LogP contribution in [-0.2, 0) is 9.59 Å². The second-order valence-corrected chi connectivity index (χ2v) is 7.37. The molecule has 0 saturated carbocycles. The first-order valence-electron chi connectivity index (χ1n) is 9.01. The van der Waals surface area contributed by atoms with Gasteiger partial charge in [-0.15, -0.1) is 0 Å². The molecule has 1 aliphatic rings. The molecule has 1 heterocycles. The van der Waals surface area contributed by atoms with Crippen LogP contribution in [0.25, 0.3) is 6.08 Å². The molecule has 0 atom stereocenters. The summed E-state index contributed by atoms with van der Waals surface area (Å²) in [5, 5.41) is 2.70. The zero-order valence-electron chi connectivity index (χ0n) is 16.3. The van der Waals surface area contributed by atoms with Crippen LogP contribution in [0.3, 0.4) is 0 Å². The summed E-state index contributed by atoms with van der Waals surface area (Å²) >= 11 is 5.26. The summed E-state index contributed by atoms with van der Waals surface area (Å²) < 4.78 is 5.62. The first-order valence-corrected chi connectivity index (χ1v) is 9.42. The molecule has 0 bridgehead atoms. The van der Waals surface area contributed by atoms with Crippen LogP contribution in [0.15, 0.2) is 48.0 Å². The van der Waals surface area contributed by atoms with Crippen molar-refractivity contribution in [1.82, 2.24) is 5.32 Å². The maximum absolute atomic E-state index is 13.1. The Kier molecular flexibility index (Phi) is 5.61. The standard InChI is InChI=1S/C22H22N2O3S/c1-13(2)27-17-8-6-16(7-9-17)12-18-20(25)23-22(28)24(21(18)26)19-10-5-14(3)11-15(19)4/h5-13H,1-4H3,(H,23,25,28)/b18-12+. The number of nitrogens with zero attached hydrogens (tertiary/aromatic N) is 1. The first kappa shape index (κ1) is 19.8. The van der Waals surface area contributed by atoms with Crippen molar-refractivity contribution in [2.75, 3.05) is 4.90 Å². The fraction of sp³-hybridized carbons (Fsp3) is 0.227. The Labute approximate surface area is 170 Å². The Balaban J connectivity index is 1.94. The molecule has 6 heteroatoms. The highest BCUT2D eigenvalue weighted by atomic mass is 32.1. The van der Waals surface area contributed by atoms with Crippen molar-refractivity contribution in [2.45, 2.75) is 33.8 Å². The molecule has 2 aromatic carbocycles. The quantitative estimate of drug-likeness (QED) is 0.485. The van der Waals surface area contributed by atoms with Crippen LogP contribution in [0.4, 0.5) is 5.69 Å². The minimum absolute atomic E-state index is 0.0334. The minimum atomic E-state index is -0.501. The summed E-state index contributed by atoms with van der Waals surface area (Å²) in [7, 11) is 0. The lowest BCUT2D eigenvalue weighted by molar-refractivity contribution is -0.122. The normalized spacial score (nSPS) is 16.0. The molecule has 1 N–H and O–H groups in total. The molecule has 2 amide bonds. The van der Waals surface area contributed by atoms with Crippen LogP contribution in [-0.4, -0.2) is 23.0 Å². The number of nitrogens with one attached hydrogen (secondary N) is 1. The van der Waals surface area contributed by atoms with Crippen molar-refractivity contribution >= 4 is 40.9 Å². The van der Waals surface area contributed by atoms with Gasteiger partial charge >= 0.3 is 0 Å². The molecule has 1 aliphatic heterocycles. The van der Waals surface area contributed by atoms with Gasteiger partial charge in [0.15, 0.2) is 5.11 Å². The van der Waals surface area contributed by atoms with Gasteiger partial charge in [0.25, 0.3) is 11.8 Å². The number of hydrogen-bond acceptors (Lipinski definition) is 4. The molecule has 3 rings (SSSR count). The van der Waals surface area contributed by atoms with Gasteiger partial charge in [-0.05, 0) is 75.3 Å². The van der Waals surface area contributed by atoms with Crippen molar-refractivity contribution in [3.8, 4) is 5.75 Å². The molecule has 0 spiro atoms. The van der Waals surface area contributed by atoms with E-state index in [9.17, 15) is 9.59 Å². The summed E-state index contributed by atoms with van der Waals surface area (Å²) in [6, 6.07) is 12.9. The van der Waals surface area contributed by atoms with Crippen molar-refractivity contribution in [3.05, 3.63) is 64.7 Å². The number of thiocarbonyl (C=S) groups is 1. The van der Waals surface area contributed by atoms with Crippen molar-refractivity contribution in [2.24, 2.45) is 0 Å². The number of carbonyl (C=O) groups excluding carboxylic acids is 2. The van der Waals surface area contributed by atoms with E-state index >= 15 is 0 Å². The lowest BCUT2D eigenvalue weighted by Gasteiger charge is -2.30. The number of amides is 2. The molecule has 0 radical (unpaired) electrons. The van der Waals surface area contributed by atoms with E-state index < -0.39 is 11.8 Å². The third-order valence-electron chi connectivity index (χ3n) is 4.26. The molecule has 5 nitrogen and oxygen atoms in total. The van der Waals surface area contributed by atoms with E-state index in [1.54, 1.807) is 18.2 Å². The first-order chi connectivity index (χ1) is 13.3. The molecule has 0 aliphatic carbocycles. The maximum atomic E-state index is 13.1. The summed E-state index contributed by atoms with van der Waals surface area (Å²) in [6.45, 7) is 7.79. The molecule has 2 aromatic rings. The van der Waals surface area contributed by atoms with Crippen LogP contribution < -0.4 is 15.0 Å². The highest BCUT2D eigenvalue weighted by Crippen LogP contribution is 2.26. The molecular weight excluding hydrogens is 372 g/mol. The third-order valence-corrected chi connectivity index (χ3v) is 4.54. The average molecular weight is 394 g/mol. The summed E-state index contributed by atoms with van der Waals surface area (Å²) in [5.41, 5.74) is 3.41. The lowest BCUT2D eigenvalue weighted by atomic mass is 10.0. The van der Waals surface area contributed by atoms with Gasteiger partial charge in [-0.3, -0.25) is 19.8 Å². The van der Waals surface area contributed by atoms with Crippen molar-refractivity contribution in [3.63, 3.8) is 0 Å². The number of hydrogen-bond donors (Lipinski definition) is 1. The minimum Gasteiger partial charge on any atom is -0.491 e. The zero-order chi connectivity index (χ0) is 20.4. The Morgan fingerprint density at radius 3 is 2.36 bits per heavy atom. The summed E-state index contributed by atoms with van der Waals surface area (Å²) in [6.07, 6.45) is 1.64. The van der Waals surface area contributed by atoms with Gasteiger partial charge in [0.1, 0.15) is 11.3 Å². The van der Waals surface area contributed by atoms with E-state index in [-0.39, 0.29) is 16.8 Å². The Morgan fingerprint density at radius 2 is 1.75 bits per heavy atom. The number of ether oxygens (including phenoxy) is 1. The highest BCUT2D eigenvalue weighted by molar-refractivity contribution is 7.80. The van der Waals surface area contributed by atoms with Crippen LogP contribution in [0, 0.1) is 13.8 Å². The van der Waals surface area contributed by atoms with Gasteiger partial charge in [0.2, 0.25) is 0 Å². The van der Waals surface area contributed by atoms with Gasteiger partial charge in [-0.1, -0.05) is 29.8 Å². The van der Waals surface area contributed by atoms with Crippen LogP contribution in [0.5, 0.6) is 5.75 Å². The van der Waals surface area contributed by atoms with E-state index in [4.69, 9.17) is 17.0 Å². The molecular formula is C22H22N2O3S. The van der Waals surface area contributed by atoms with Crippen LogP contribution in [0.1, 0.15) is 30.5 Å². The van der Waals surface area contributed by atoms with E-state index in [0.29, 0.717) is 5.69 Å². The third kappa shape index (κ3) is 4.12. The monoisotopic (exact) mass is 394 g/mol. The number of rotatable bonds is 4. The van der Waals surface area contributed by atoms with E-state index in [1.807, 2.05) is 58.0 Å². The molecule has 1 saturated heterocycles. The summed E-state index contributed by atoms with van der Waals surface area (Å²) in [4.78, 5) is 26.9. The topological polar surface area (TPSA) is 58.6 Å². The number of benzene rings is 2. The fourth-order valence-electron chi connectivity index (χ4n) is 3.01. The van der Waals surface area contributed by atoms with E-state index in [0.717, 1.165) is 22.4 Å². The lowest BCUT2D eigenvalue weighted by Crippen LogP contribution is -2.54. The number of aryl methyl sites for hydroxylation is 2. The maximum Gasteiger partial charge on any atom is 0.270 e. The zero-order valence-corrected chi connectivity index (χ0v) is 17.1. The van der Waals surface area contributed by atoms with Crippen LogP contribution >= 0.6 is 12.2 Å². The average Bonchev–Trinajstić information content (AvgIpc) is 2.61. The van der Waals surface area contributed by atoms with Crippen molar-refractivity contribution in [1.29, 1.82) is 0 Å². The molecule has 0 aromatic heterocycles. The van der Waals surface area contributed by atoms with Gasteiger partial charge in [0.05, 0.1) is 11.8 Å². The molecule has 0 unspecified atom stereocenters. The SMILES string of the molecule is Cc1ccc(N2C(=O)/C(=C/c3ccc(OC(C)C)cc3)C(=O)NC2=S)c(C)c1. The fourth-order valence-corrected chi connectivity index (χ4v) is 3.29. The Morgan fingerprint density at radius 1 is 1.07 bits per heavy atom. The largest absolute Gasteiger partial charge is 0.491 e. The highest BCUT2D eigenvalue weighted by Gasteiger charge is 2.35. The number of anilines is 1. The van der Waals surface area contributed by atoms with Gasteiger partial charge < -0.3 is 4.74 Å². The van der Waals surface area contributed by atoms with Gasteiger partial charge in [-0.2, -0.15) is 0 Å². The van der Waals surface area contributed by atoms with E-state index in [1.165, 1.54) is 4.90 Å². The molecule has 28 heavy (non-hydrogen) atoms. The Bertz CT molecular complexity index is 978. The predicted octanol–water partition coefficient (Wildman–Crippen LogP) is 3.92. The van der Waals surface area contributed by atoms with E-state index in [2.05, 4.69) is 5.32 Å². The Hall–Kier alpha value is -2.99. The smallest absolute Gasteiger partial charge is 0.270 e. The predicted molar refractivity (Wildman–Crippen MR) is 114 cm³/mol. The van der Waals surface area contributed by atoms with Crippen LogP contribution in [0.2, 0.25) is 0 Å². The van der Waals surface area contributed by atoms with Crippen molar-refractivity contribution < 1.29 is 14.3 Å².